The molecule has 0 aliphatic carbocycles. The topological polar surface area (TPSA) is 45.2 Å². The van der Waals surface area contributed by atoms with E-state index in [4.69, 9.17) is 23.2 Å². The van der Waals surface area contributed by atoms with Gasteiger partial charge < -0.3 is 10.2 Å². The maximum atomic E-state index is 12.4. The Bertz CT molecular complexity index is 1000. The van der Waals surface area contributed by atoms with Crippen LogP contribution in [0.2, 0.25) is 10.0 Å². The fourth-order valence-corrected chi connectivity index (χ4v) is 3.66. The number of pyridine rings is 1. The van der Waals surface area contributed by atoms with Crippen molar-refractivity contribution in [3.63, 3.8) is 0 Å². The minimum atomic E-state index is -0.261. The number of anilines is 3. The molecule has 1 N–H and O–H groups in total. The van der Waals surface area contributed by atoms with Crippen LogP contribution in [0.3, 0.4) is 0 Å². The molecule has 6 heteroatoms. The third-order valence-corrected chi connectivity index (χ3v) is 5.38. The van der Waals surface area contributed by atoms with Crippen LogP contribution in [-0.2, 0) is 6.42 Å². The highest BCUT2D eigenvalue weighted by atomic mass is 35.5. The van der Waals surface area contributed by atoms with Crippen LogP contribution < -0.4 is 10.2 Å². The second kappa shape index (κ2) is 7.22. The van der Waals surface area contributed by atoms with Gasteiger partial charge in [-0.3, -0.25) is 4.79 Å². The van der Waals surface area contributed by atoms with Crippen LogP contribution in [0.25, 0.3) is 0 Å². The third kappa shape index (κ3) is 3.51. The van der Waals surface area contributed by atoms with E-state index in [-0.39, 0.29) is 5.91 Å². The van der Waals surface area contributed by atoms with Gasteiger partial charge in [0.1, 0.15) is 5.82 Å². The standard InChI is InChI=1S/C21H17Cl2N3O/c1-13-10-14-4-2-3-5-19(14)26(13)20-9-7-16(12-24-20)25-21(27)15-6-8-17(22)18(23)11-15/h2-9,11-13H,10H2,1H3,(H,25,27). The van der Waals surface area contributed by atoms with Gasteiger partial charge in [-0.25, -0.2) is 4.98 Å². The number of carbonyl (C=O) groups excluding carboxylic acids is 1. The predicted molar refractivity (Wildman–Crippen MR) is 110 cm³/mol. The Labute approximate surface area is 167 Å². The first-order valence-corrected chi connectivity index (χ1v) is 9.38. The minimum Gasteiger partial charge on any atom is -0.323 e. The van der Waals surface area contributed by atoms with Crippen LogP contribution >= 0.6 is 23.2 Å². The molecule has 27 heavy (non-hydrogen) atoms. The molecule has 0 fully saturated rings. The van der Waals surface area contributed by atoms with Crippen LogP contribution in [0.1, 0.15) is 22.8 Å². The number of amides is 1. The Morgan fingerprint density at radius 3 is 2.67 bits per heavy atom. The van der Waals surface area contributed by atoms with Crippen molar-refractivity contribution in [3.8, 4) is 0 Å². The zero-order chi connectivity index (χ0) is 19.0. The van der Waals surface area contributed by atoms with E-state index < -0.39 is 0 Å². The number of aromatic nitrogens is 1. The monoisotopic (exact) mass is 397 g/mol. The largest absolute Gasteiger partial charge is 0.323 e. The highest BCUT2D eigenvalue weighted by molar-refractivity contribution is 6.42. The van der Waals surface area contributed by atoms with E-state index in [0.29, 0.717) is 27.3 Å². The van der Waals surface area contributed by atoms with E-state index in [1.54, 1.807) is 24.4 Å². The summed E-state index contributed by atoms with van der Waals surface area (Å²) in [6.45, 7) is 2.18. The Hall–Kier alpha value is -2.56. The van der Waals surface area contributed by atoms with E-state index in [2.05, 4.69) is 40.3 Å². The van der Waals surface area contributed by atoms with Gasteiger partial charge in [-0.1, -0.05) is 41.4 Å². The van der Waals surface area contributed by atoms with Crippen LogP contribution in [0.15, 0.2) is 60.8 Å². The molecule has 0 bridgehead atoms. The Balaban J connectivity index is 1.53. The highest BCUT2D eigenvalue weighted by Crippen LogP contribution is 2.37. The fraction of sp³-hybridized carbons (Fsp3) is 0.143. The first kappa shape index (κ1) is 17.8. The SMILES string of the molecule is CC1Cc2ccccc2N1c1ccc(NC(=O)c2ccc(Cl)c(Cl)c2)cn1. The van der Waals surface area contributed by atoms with Gasteiger partial charge in [0.15, 0.2) is 0 Å². The number of nitrogens with zero attached hydrogens (tertiary/aromatic N) is 2. The molecule has 0 saturated carbocycles. The van der Waals surface area contributed by atoms with Crippen molar-refractivity contribution in [1.82, 2.24) is 4.98 Å². The van der Waals surface area contributed by atoms with Gasteiger partial charge in [0.2, 0.25) is 0 Å². The summed E-state index contributed by atoms with van der Waals surface area (Å²) >= 11 is 11.9. The molecule has 1 aromatic heterocycles. The van der Waals surface area contributed by atoms with Crippen LogP contribution in [0, 0.1) is 0 Å². The lowest BCUT2D eigenvalue weighted by atomic mass is 10.1. The molecule has 0 saturated heterocycles. The van der Waals surface area contributed by atoms with Crippen molar-refractivity contribution >= 4 is 46.3 Å². The molecule has 4 rings (SSSR count). The van der Waals surface area contributed by atoms with E-state index in [0.717, 1.165) is 12.2 Å². The van der Waals surface area contributed by atoms with Gasteiger partial charge in [0.25, 0.3) is 5.91 Å². The molecule has 1 atom stereocenters. The van der Waals surface area contributed by atoms with Crippen LogP contribution in [0.5, 0.6) is 0 Å². The zero-order valence-electron chi connectivity index (χ0n) is 14.6. The summed E-state index contributed by atoms with van der Waals surface area (Å²) in [5, 5.41) is 3.59. The average Bonchev–Trinajstić information content (AvgIpc) is 3.00. The van der Waals surface area contributed by atoms with Gasteiger partial charge in [-0.05, 0) is 55.3 Å². The number of halogens is 2. The second-order valence-corrected chi connectivity index (χ2v) is 7.35. The molecule has 3 aromatic rings. The van der Waals surface area contributed by atoms with Crippen LogP contribution in [0.4, 0.5) is 17.2 Å². The quantitative estimate of drug-likeness (QED) is 0.614. The molecular formula is C21H17Cl2N3O. The van der Waals surface area contributed by atoms with E-state index in [1.165, 1.54) is 11.3 Å². The maximum Gasteiger partial charge on any atom is 0.255 e. The average molecular weight is 398 g/mol. The molecule has 1 aliphatic rings. The number of hydrogen-bond acceptors (Lipinski definition) is 3. The van der Waals surface area contributed by atoms with Gasteiger partial charge in [0, 0.05) is 17.3 Å². The number of carbonyl (C=O) groups is 1. The van der Waals surface area contributed by atoms with E-state index >= 15 is 0 Å². The summed E-state index contributed by atoms with van der Waals surface area (Å²) in [6.07, 6.45) is 2.66. The molecular weight excluding hydrogens is 381 g/mol. The molecule has 2 heterocycles. The lowest BCUT2D eigenvalue weighted by molar-refractivity contribution is 0.102. The fourth-order valence-electron chi connectivity index (χ4n) is 3.36. The van der Waals surface area contributed by atoms with Crippen LogP contribution in [-0.4, -0.2) is 16.9 Å². The summed E-state index contributed by atoms with van der Waals surface area (Å²) in [5.74, 6) is 0.600. The molecule has 4 nitrogen and oxygen atoms in total. The zero-order valence-corrected chi connectivity index (χ0v) is 16.1. The van der Waals surface area contributed by atoms with Crippen molar-refractivity contribution in [2.75, 3.05) is 10.2 Å². The summed E-state index contributed by atoms with van der Waals surface area (Å²) in [6, 6.07) is 17.3. The van der Waals surface area contributed by atoms with E-state index in [9.17, 15) is 4.79 Å². The first-order chi connectivity index (χ1) is 13.0. The molecule has 2 aromatic carbocycles. The normalized spacial score (nSPS) is 15.5. The van der Waals surface area contributed by atoms with Crippen molar-refractivity contribution in [1.29, 1.82) is 0 Å². The van der Waals surface area contributed by atoms with Gasteiger partial charge in [-0.15, -0.1) is 0 Å². The Morgan fingerprint density at radius 1 is 1.11 bits per heavy atom. The van der Waals surface area contributed by atoms with Gasteiger partial charge >= 0.3 is 0 Å². The lowest BCUT2D eigenvalue weighted by Gasteiger charge is -2.24. The Kier molecular flexibility index (Phi) is 4.77. The third-order valence-electron chi connectivity index (χ3n) is 4.64. The van der Waals surface area contributed by atoms with Crippen molar-refractivity contribution in [3.05, 3.63) is 82.0 Å². The number of benzene rings is 2. The molecule has 1 unspecified atom stereocenters. The molecule has 0 radical (unpaired) electrons. The molecule has 0 spiro atoms. The maximum absolute atomic E-state index is 12.4. The smallest absolute Gasteiger partial charge is 0.255 e. The number of para-hydroxylation sites is 1. The highest BCUT2D eigenvalue weighted by Gasteiger charge is 2.27. The number of hydrogen-bond donors (Lipinski definition) is 1. The summed E-state index contributed by atoms with van der Waals surface area (Å²) < 4.78 is 0. The summed E-state index contributed by atoms with van der Waals surface area (Å²) in [7, 11) is 0. The molecule has 1 aliphatic heterocycles. The van der Waals surface area contributed by atoms with Crippen molar-refractivity contribution in [2.45, 2.75) is 19.4 Å². The molecule has 136 valence electrons. The van der Waals surface area contributed by atoms with Gasteiger partial charge in [-0.2, -0.15) is 0 Å². The lowest BCUT2D eigenvalue weighted by Crippen LogP contribution is -2.24. The first-order valence-electron chi connectivity index (χ1n) is 8.62. The minimum absolute atomic E-state index is 0.261. The number of fused-ring (bicyclic) bond motifs is 1. The van der Waals surface area contributed by atoms with Crippen molar-refractivity contribution in [2.24, 2.45) is 0 Å². The van der Waals surface area contributed by atoms with Crippen molar-refractivity contribution < 1.29 is 4.79 Å². The number of nitrogens with one attached hydrogen (secondary N) is 1. The molecule has 1 amide bonds. The Morgan fingerprint density at radius 2 is 1.93 bits per heavy atom. The van der Waals surface area contributed by atoms with E-state index in [1.807, 2.05) is 18.2 Å². The second-order valence-electron chi connectivity index (χ2n) is 6.54. The number of rotatable bonds is 3. The summed E-state index contributed by atoms with van der Waals surface area (Å²) in [5.41, 5.74) is 3.57. The predicted octanol–water partition coefficient (Wildman–Crippen LogP) is 5.72. The summed E-state index contributed by atoms with van der Waals surface area (Å²) in [4.78, 5) is 19.2. The van der Waals surface area contributed by atoms with Gasteiger partial charge in [0.05, 0.1) is 21.9 Å².